The first-order valence-electron chi connectivity index (χ1n) is 7.37. The zero-order chi connectivity index (χ0) is 16.3. The van der Waals surface area contributed by atoms with Crippen molar-refractivity contribution in [2.75, 3.05) is 18.6 Å². The Morgan fingerprint density at radius 1 is 1.33 bits per heavy atom. The number of alkyl carbamates (subject to hydrolysis) is 1. The van der Waals surface area contributed by atoms with Gasteiger partial charge in [0.05, 0.1) is 5.75 Å². The molecule has 0 radical (unpaired) electrons. The zero-order valence-corrected chi connectivity index (χ0v) is 14.4. The molecule has 0 heterocycles. The first kappa shape index (κ1) is 18.2. The predicted molar refractivity (Wildman–Crippen MR) is 83.1 cm³/mol. The molecule has 2 unspecified atom stereocenters. The van der Waals surface area contributed by atoms with Crippen LogP contribution in [0.15, 0.2) is 0 Å². The maximum absolute atomic E-state index is 11.8. The van der Waals surface area contributed by atoms with Crippen LogP contribution in [0.2, 0.25) is 0 Å². The Bertz CT molecular complexity index is 452. The number of sulfone groups is 1. The quantitative estimate of drug-likeness (QED) is 0.739. The Labute approximate surface area is 127 Å². The van der Waals surface area contributed by atoms with Crippen LogP contribution in [-0.2, 0) is 14.6 Å². The lowest BCUT2D eigenvalue weighted by Crippen LogP contribution is -2.48. The number of carbonyl (C=O) groups is 1. The van der Waals surface area contributed by atoms with Crippen LogP contribution in [0, 0.1) is 5.92 Å². The fraction of sp³-hybridized carbons (Fsp3) is 0.929. The summed E-state index contributed by atoms with van der Waals surface area (Å²) in [5, 5.41) is 6.06. The van der Waals surface area contributed by atoms with Crippen LogP contribution in [0.25, 0.3) is 0 Å². The third-order valence-corrected chi connectivity index (χ3v) is 4.24. The second kappa shape index (κ2) is 6.96. The lowest BCUT2D eigenvalue weighted by molar-refractivity contribution is 0.0497. The van der Waals surface area contributed by atoms with Gasteiger partial charge in [0, 0.05) is 24.9 Å². The Kier molecular flexibility index (Phi) is 6.04. The van der Waals surface area contributed by atoms with Gasteiger partial charge in [-0.15, -0.1) is 0 Å². The van der Waals surface area contributed by atoms with Crippen molar-refractivity contribution in [1.82, 2.24) is 10.6 Å². The van der Waals surface area contributed by atoms with Crippen molar-refractivity contribution in [1.29, 1.82) is 0 Å². The van der Waals surface area contributed by atoms with Crippen molar-refractivity contribution in [2.24, 2.45) is 5.92 Å². The number of hydrogen-bond acceptors (Lipinski definition) is 5. The van der Waals surface area contributed by atoms with Crippen molar-refractivity contribution in [3.63, 3.8) is 0 Å². The summed E-state index contributed by atoms with van der Waals surface area (Å²) in [7, 11) is -3.00. The second-order valence-electron chi connectivity index (χ2n) is 6.99. The summed E-state index contributed by atoms with van der Waals surface area (Å²) in [5.41, 5.74) is -0.519. The third kappa shape index (κ3) is 8.93. The minimum absolute atomic E-state index is 0.0122. The lowest BCUT2D eigenvalue weighted by atomic mass is 10.1. The van der Waals surface area contributed by atoms with Crippen LogP contribution in [0.3, 0.4) is 0 Å². The van der Waals surface area contributed by atoms with Gasteiger partial charge >= 0.3 is 6.09 Å². The van der Waals surface area contributed by atoms with Crippen LogP contribution in [-0.4, -0.2) is 50.7 Å². The van der Waals surface area contributed by atoms with E-state index in [-0.39, 0.29) is 17.8 Å². The number of hydrogen-bond donors (Lipinski definition) is 2. The first-order valence-corrected chi connectivity index (χ1v) is 9.43. The van der Waals surface area contributed by atoms with Crippen molar-refractivity contribution in [2.45, 2.75) is 58.2 Å². The Morgan fingerprint density at radius 3 is 2.33 bits per heavy atom. The highest BCUT2D eigenvalue weighted by Crippen LogP contribution is 2.32. The molecule has 2 N–H and O–H groups in total. The van der Waals surface area contributed by atoms with Gasteiger partial charge in [-0.05, 0) is 46.5 Å². The van der Waals surface area contributed by atoms with Crippen LogP contribution >= 0.6 is 0 Å². The SMILES string of the molecule is CC(CS(C)(=O)=O)NCC(NC(=O)OC(C)(C)C)C1CC1. The maximum atomic E-state index is 11.8. The van der Waals surface area contributed by atoms with Crippen LogP contribution < -0.4 is 10.6 Å². The molecule has 1 fully saturated rings. The summed E-state index contributed by atoms with van der Waals surface area (Å²) < 4.78 is 27.7. The van der Waals surface area contributed by atoms with E-state index in [0.29, 0.717) is 12.5 Å². The standard InChI is InChI=1S/C14H28N2O4S/c1-10(9-21(5,18)19)15-8-12(11-6-7-11)16-13(17)20-14(2,3)4/h10-12,15H,6-9H2,1-5H3,(H,16,17). The van der Waals surface area contributed by atoms with Crippen LogP contribution in [0.1, 0.15) is 40.5 Å². The summed E-state index contributed by atoms with van der Waals surface area (Å²) in [4.78, 5) is 11.8. The number of carbonyl (C=O) groups excluding carboxylic acids is 1. The van der Waals surface area contributed by atoms with Gasteiger partial charge in [-0.2, -0.15) is 0 Å². The molecule has 6 nitrogen and oxygen atoms in total. The van der Waals surface area contributed by atoms with E-state index in [1.807, 2.05) is 27.7 Å². The summed E-state index contributed by atoms with van der Waals surface area (Å²) in [6, 6.07) is -0.149. The van der Waals surface area contributed by atoms with Crippen LogP contribution in [0.4, 0.5) is 4.79 Å². The Hall–Kier alpha value is -0.820. The molecule has 1 saturated carbocycles. The van der Waals surface area contributed by atoms with Crippen molar-refractivity contribution in [3.05, 3.63) is 0 Å². The van der Waals surface area contributed by atoms with E-state index in [2.05, 4.69) is 10.6 Å². The molecule has 0 aromatic rings. The molecule has 1 amide bonds. The predicted octanol–water partition coefficient (Wildman–Crippen LogP) is 1.31. The molecule has 0 aromatic heterocycles. The number of amides is 1. The number of nitrogens with one attached hydrogen (secondary N) is 2. The van der Waals surface area contributed by atoms with E-state index in [9.17, 15) is 13.2 Å². The minimum atomic E-state index is -3.00. The molecule has 0 spiro atoms. The van der Waals surface area contributed by atoms with E-state index < -0.39 is 21.5 Å². The smallest absolute Gasteiger partial charge is 0.407 e. The largest absolute Gasteiger partial charge is 0.444 e. The van der Waals surface area contributed by atoms with E-state index >= 15 is 0 Å². The lowest BCUT2D eigenvalue weighted by Gasteiger charge is -2.25. The fourth-order valence-corrected chi connectivity index (χ4v) is 3.16. The topological polar surface area (TPSA) is 84.5 Å². The molecule has 2 atom stereocenters. The molecule has 124 valence electrons. The summed E-state index contributed by atoms with van der Waals surface area (Å²) >= 11 is 0. The normalized spacial score (nSPS) is 18.9. The highest BCUT2D eigenvalue weighted by molar-refractivity contribution is 7.90. The summed E-state index contributed by atoms with van der Waals surface area (Å²) in [6.45, 7) is 7.86. The molecule has 1 rings (SSSR count). The molecule has 0 saturated heterocycles. The van der Waals surface area contributed by atoms with Gasteiger partial charge in [0.1, 0.15) is 15.4 Å². The number of ether oxygens (including phenoxy) is 1. The van der Waals surface area contributed by atoms with Gasteiger partial charge in [-0.25, -0.2) is 13.2 Å². The molecular weight excluding hydrogens is 292 g/mol. The molecule has 21 heavy (non-hydrogen) atoms. The van der Waals surface area contributed by atoms with E-state index in [1.54, 1.807) is 0 Å². The zero-order valence-electron chi connectivity index (χ0n) is 13.6. The van der Waals surface area contributed by atoms with Gasteiger partial charge in [-0.3, -0.25) is 0 Å². The molecule has 0 bridgehead atoms. The molecule has 7 heteroatoms. The Morgan fingerprint density at radius 2 is 1.90 bits per heavy atom. The van der Waals surface area contributed by atoms with Crippen LogP contribution in [0.5, 0.6) is 0 Å². The summed E-state index contributed by atoms with van der Waals surface area (Å²) in [5.74, 6) is 0.548. The van der Waals surface area contributed by atoms with Gasteiger partial charge in [0.15, 0.2) is 0 Å². The summed E-state index contributed by atoms with van der Waals surface area (Å²) in [6.07, 6.45) is 2.98. The van der Waals surface area contributed by atoms with Gasteiger partial charge < -0.3 is 15.4 Å². The average Bonchev–Trinajstić information content (AvgIpc) is 3.02. The highest BCUT2D eigenvalue weighted by Gasteiger charge is 2.33. The Balaban J connectivity index is 2.42. The minimum Gasteiger partial charge on any atom is -0.444 e. The first-order chi connectivity index (χ1) is 9.46. The molecule has 1 aliphatic carbocycles. The molecule has 1 aliphatic rings. The number of rotatable bonds is 7. The van der Waals surface area contributed by atoms with Crippen molar-refractivity contribution >= 4 is 15.9 Å². The van der Waals surface area contributed by atoms with Gasteiger partial charge in [-0.1, -0.05) is 0 Å². The average molecular weight is 320 g/mol. The van der Waals surface area contributed by atoms with E-state index in [1.165, 1.54) is 6.26 Å². The van der Waals surface area contributed by atoms with Gasteiger partial charge in [0.2, 0.25) is 0 Å². The molecule has 0 aliphatic heterocycles. The molecular formula is C14H28N2O4S. The third-order valence-electron chi connectivity index (χ3n) is 3.13. The maximum Gasteiger partial charge on any atom is 0.407 e. The fourth-order valence-electron chi connectivity index (χ4n) is 2.13. The van der Waals surface area contributed by atoms with E-state index in [4.69, 9.17) is 4.74 Å². The van der Waals surface area contributed by atoms with Crippen molar-refractivity contribution in [3.8, 4) is 0 Å². The molecule has 0 aromatic carbocycles. The van der Waals surface area contributed by atoms with E-state index in [0.717, 1.165) is 12.8 Å². The monoisotopic (exact) mass is 320 g/mol. The highest BCUT2D eigenvalue weighted by atomic mass is 32.2. The van der Waals surface area contributed by atoms with Crippen molar-refractivity contribution < 1.29 is 17.9 Å². The second-order valence-corrected chi connectivity index (χ2v) is 9.18. The van der Waals surface area contributed by atoms with Gasteiger partial charge in [0.25, 0.3) is 0 Å².